The van der Waals surface area contributed by atoms with Crippen LogP contribution >= 0.6 is 0 Å². The number of carbonyl (C=O) groups is 5. The highest BCUT2D eigenvalue weighted by atomic mass is 16.4. The maximum Gasteiger partial charge on any atom is 0.326 e. The normalized spacial score (nSPS) is 13.5. The SMILES string of the molecule is NC(=O)CCC(N)C(=O)NC(CC(N)=O)C(=O)NC(Cc1ccc(O)cc1)C(=O)O. The van der Waals surface area contributed by atoms with Gasteiger partial charge in [-0.1, -0.05) is 12.1 Å². The number of phenolic OH excluding ortho intramolecular Hbond substituents is 1. The first-order valence-corrected chi connectivity index (χ1v) is 8.93. The molecule has 30 heavy (non-hydrogen) atoms. The van der Waals surface area contributed by atoms with E-state index >= 15 is 0 Å². The van der Waals surface area contributed by atoms with Crippen molar-refractivity contribution in [2.75, 3.05) is 0 Å². The van der Waals surface area contributed by atoms with E-state index in [1.54, 1.807) is 0 Å². The van der Waals surface area contributed by atoms with E-state index in [-0.39, 0.29) is 25.0 Å². The molecule has 1 rings (SSSR count). The number of aromatic hydroxyl groups is 1. The van der Waals surface area contributed by atoms with Gasteiger partial charge in [-0.15, -0.1) is 0 Å². The molecule has 0 aromatic heterocycles. The molecule has 3 unspecified atom stereocenters. The molecule has 0 heterocycles. The summed E-state index contributed by atoms with van der Waals surface area (Å²) in [6.45, 7) is 0. The third-order valence-electron chi connectivity index (χ3n) is 4.07. The van der Waals surface area contributed by atoms with Crippen LogP contribution in [-0.2, 0) is 30.4 Å². The van der Waals surface area contributed by atoms with Gasteiger partial charge < -0.3 is 38.0 Å². The Hall–Kier alpha value is -3.67. The van der Waals surface area contributed by atoms with Crippen LogP contribution in [0, 0.1) is 0 Å². The lowest BCUT2D eigenvalue weighted by atomic mass is 10.0. The van der Waals surface area contributed by atoms with E-state index in [1.165, 1.54) is 24.3 Å². The van der Waals surface area contributed by atoms with Gasteiger partial charge in [0.2, 0.25) is 23.6 Å². The van der Waals surface area contributed by atoms with E-state index in [0.717, 1.165) is 0 Å². The zero-order chi connectivity index (χ0) is 22.8. The molecule has 0 saturated carbocycles. The number of rotatable bonds is 12. The van der Waals surface area contributed by atoms with Gasteiger partial charge in [0.15, 0.2) is 0 Å². The molecule has 12 nitrogen and oxygen atoms in total. The van der Waals surface area contributed by atoms with E-state index in [9.17, 15) is 34.2 Å². The molecule has 164 valence electrons. The summed E-state index contributed by atoms with van der Waals surface area (Å²) in [5, 5.41) is 23.2. The highest BCUT2D eigenvalue weighted by Crippen LogP contribution is 2.11. The van der Waals surface area contributed by atoms with Gasteiger partial charge >= 0.3 is 5.97 Å². The molecule has 1 aromatic rings. The fourth-order valence-electron chi connectivity index (χ4n) is 2.46. The Morgan fingerprint density at radius 3 is 1.97 bits per heavy atom. The fraction of sp³-hybridized carbons (Fsp3) is 0.389. The molecular weight excluding hydrogens is 398 g/mol. The number of hydrogen-bond acceptors (Lipinski definition) is 7. The van der Waals surface area contributed by atoms with Crippen LogP contribution in [0.5, 0.6) is 5.75 Å². The van der Waals surface area contributed by atoms with Gasteiger partial charge in [0.1, 0.15) is 17.8 Å². The van der Waals surface area contributed by atoms with Crippen molar-refractivity contribution in [2.24, 2.45) is 17.2 Å². The van der Waals surface area contributed by atoms with Crippen LogP contribution in [0.4, 0.5) is 0 Å². The molecular formula is C18H25N5O7. The predicted molar refractivity (Wildman–Crippen MR) is 104 cm³/mol. The number of nitrogens with two attached hydrogens (primary N) is 3. The smallest absolute Gasteiger partial charge is 0.326 e. The molecule has 0 fully saturated rings. The third-order valence-corrected chi connectivity index (χ3v) is 4.07. The summed E-state index contributed by atoms with van der Waals surface area (Å²) in [4.78, 5) is 58.2. The highest BCUT2D eigenvalue weighted by molar-refractivity contribution is 5.94. The number of carbonyl (C=O) groups excluding carboxylic acids is 4. The van der Waals surface area contributed by atoms with Gasteiger partial charge in [-0.2, -0.15) is 0 Å². The number of hydrogen-bond donors (Lipinski definition) is 7. The molecule has 0 aliphatic rings. The predicted octanol–water partition coefficient (Wildman–Crippen LogP) is -2.54. The number of benzene rings is 1. The maximum atomic E-state index is 12.5. The number of carboxylic acid groups (broad SMARTS) is 1. The van der Waals surface area contributed by atoms with Crippen LogP contribution in [-0.4, -0.2) is 57.9 Å². The van der Waals surface area contributed by atoms with E-state index in [4.69, 9.17) is 17.2 Å². The zero-order valence-corrected chi connectivity index (χ0v) is 16.0. The summed E-state index contributed by atoms with van der Waals surface area (Å²) in [7, 11) is 0. The van der Waals surface area contributed by atoms with Crippen molar-refractivity contribution < 1.29 is 34.2 Å². The van der Waals surface area contributed by atoms with Gasteiger partial charge in [-0.3, -0.25) is 19.2 Å². The summed E-state index contributed by atoms with van der Waals surface area (Å²) >= 11 is 0. The molecule has 12 heteroatoms. The van der Waals surface area contributed by atoms with Crippen LogP contribution in [0.2, 0.25) is 0 Å². The summed E-state index contributed by atoms with van der Waals surface area (Å²) in [6.07, 6.45) is -0.942. The highest BCUT2D eigenvalue weighted by Gasteiger charge is 2.29. The Morgan fingerprint density at radius 2 is 1.47 bits per heavy atom. The first kappa shape index (κ1) is 24.4. The minimum absolute atomic E-state index is 0.00781. The Labute approximate surface area is 171 Å². The molecule has 0 aliphatic heterocycles. The second-order valence-electron chi connectivity index (χ2n) is 6.61. The molecule has 0 radical (unpaired) electrons. The minimum atomic E-state index is -1.46. The molecule has 10 N–H and O–H groups in total. The average Bonchev–Trinajstić information content (AvgIpc) is 2.65. The van der Waals surface area contributed by atoms with E-state index in [0.29, 0.717) is 5.56 Å². The van der Waals surface area contributed by atoms with E-state index < -0.39 is 54.1 Å². The molecule has 1 aromatic carbocycles. The summed E-state index contributed by atoms with van der Waals surface area (Å²) < 4.78 is 0. The monoisotopic (exact) mass is 423 g/mol. The first-order valence-electron chi connectivity index (χ1n) is 8.93. The molecule has 0 bridgehead atoms. The van der Waals surface area contributed by atoms with Crippen molar-refractivity contribution in [1.82, 2.24) is 10.6 Å². The topological polar surface area (TPSA) is 228 Å². The second-order valence-corrected chi connectivity index (χ2v) is 6.61. The number of aliphatic carboxylic acids is 1. The second kappa shape index (κ2) is 11.4. The van der Waals surface area contributed by atoms with Crippen LogP contribution in [0.25, 0.3) is 0 Å². The van der Waals surface area contributed by atoms with Crippen LogP contribution in [0.3, 0.4) is 0 Å². The average molecular weight is 423 g/mol. The molecule has 0 saturated heterocycles. The fourth-order valence-corrected chi connectivity index (χ4v) is 2.46. The minimum Gasteiger partial charge on any atom is -0.508 e. The van der Waals surface area contributed by atoms with Crippen molar-refractivity contribution in [2.45, 2.75) is 43.8 Å². The van der Waals surface area contributed by atoms with E-state index in [1.807, 2.05) is 0 Å². The van der Waals surface area contributed by atoms with Crippen molar-refractivity contribution in [1.29, 1.82) is 0 Å². The van der Waals surface area contributed by atoms with Crippen molar-refractivity contribution in [3.8, 4) is 5.75 Å². The van der Waals surface area contributed by atoms with Gasteiger partial charge in [-0.05, 0) is 24.1 Å². The van der Waals surface area contributed by atoms with Gasteiger partial charge in [0.05, 0.1) is 12.5 Å². The molecule has 0 aliphatic carbocycles. The van der Waals surface area contributed by atoms with Gasteiger partial charge in [0, 0.05) is 12.8 Å². The van der Waals surface area contributed by atoms with Gasteiger partial charge in [0.25, 0.3) is 0 Å². The standard InChI is InChI=1S/C18H25N5O7/c19-11(5-6-14(20)25)16(27)22-12(8-15(21)26)17(28)23-13(18(29)30)7-9-1-3-10(24)4-2-9/h1-4,11-13,24H,5-8,19H2,(H2,20,25)(H2,21,26)(H,22,27)(H,23,28)(H,29,30). The Morgan fingerprint density at radius 1 is 0.900 bits per heavy atom. The van der Waals surface area contributed by atoms with Crippen LogP contribution < -0.4 is 27.8 Å². The Bertz CT molecular complexity index is 797. The van der Waals surface area contributed by atoms with Crippen LogP contribution in [0.1, 0.15) is 24.8 Å². The zero-order valence-electron chi connectivity index (χ0n) is 16.0. The lowest BCUT2D eigenvalue weighted by Crippen LogP contribution is -2.55. The number of phenols is 1. The van der Waals surface area contributed by atoms with Crippen LogP contribution in [0.15, 0.2) is 24.3 Å². The summed E-state index contributed by atoms with van der Waals surface area (Å²) in [5.74, 6) is -4.71. The van der Waals surface area contributed by atoms with Crippen molar-refractivity contribution >= 4 is 29.6 Å². The molecule has 3 atom stereocenters. The number of amides is 4. The lowest BCUT2D eigenvalue weighted by molar-refractivity contribution is -0.142. The first-order chi connectivity index (χ1) is 14.0. The molecule has 0 spiro atoms. The quantitative estimate of drug-likeness (QED) is 0.189. The number of carboxylic acids is 1. The number of primary amides is 2. The largest absolute Gasteiger partial charge is 0.508 e. The summed E-state index contributed by atoms with van der Waals surface area (Å²) in [5.41, 5.74) is 16.2. The lowest BCUT2D eigenvalue weighted by Gasteiger charge is -2.22. The summed E-state index contributed by atoms with van der Waals surface area (Å²) in [6, 6.07) is 1.68. The third kappa shape index (κ3) is 8.56. The molecule has 4 amide bonds. The van der Waals surface area contributed by atoms with Crippen molar-refractivity contribution in [3.63, 3.8) is 0 Å². The Kier molecular flexibility index (Phi) is 9.23. The number of nitrogens with one attached hydrogen (secondary N) is 2. The van der Waals surface area contributed by atoms with Crippen molar-refractivity contribution in [3.05, 3.63) is 29.8 Å². The van der Waals surface area contributed by atoms with Gasteiger partial charge in [-0.25, -0.2) is 4.79 Å². The van der Waals surface area contributed by atoms with E-state index in [2.05, 4.69) is 10.6 Å². The Balaban J connectivity index is 2.85. The maximum absolute atomic E-state index is 12.5.